The predicted octanol–water partition coefficient (Wildman–Crippen LogP) is 4.46. The average molecular weight is 346 g/mol. The summed E-state index contributed by atoms with van der Waals surface area (Å²) < 4.78 is 5.73. The number of phenolic OH excluding ortho intramolecular Hbond substituents is 1. The molecule has 0 radical (unpaired) electrons. The summed E-state index contributed by atoms with van der Waals surface area (Å²) in [7, 11) is 0. The number of piperidine rings is 1. The van der Waals surface area contributed by atoms with Crippen molar-refractivity contribution in [2.75, 3.05) is 26.2 Å². The molecule has 0 amide bonds. The predicted molar refractivity (Wildman–Crippen MR) is 97.8 cm³/mol. The van der Waals surface area contributed by atoms with Crippen LogP contribution in [0, 0.1) is 5.92 Å². The van der Waals surface area contributed by atoms with Crippen molar-refractivity contribution in [1.82, 2.24) is 4.90 Å². The molecule has 3 rings (SSSR count). The zero-order chi connectivity index (χ0) is 16.8. The van der Waals surface area contributed by atoms with E-state index in [1.165, 1.54) is 5.56 Å². The second-order valence-electron chi connectivity index (χ2n) is 6.33. The van der Waals surface area contributed by atoms with Crippen LogP contribution in [0.2, 0.25) is 0 Å². The van der Waals surface area contributed by atoms with Crippen LogP contribution in [0.3, 0.4) is 0 Å². The number of benzene rings is 2. The smallest absolute Gasteiger partial charge is 0.119 e. The minimum atomic E-state index is 0.113. The lowest BCUT2D eigenvalue weighted by atomic mass is 9.89. The van der Waals surface area contributed by atoms with Crippen LogP contribution in [0.5, 0.6) is 11.5 Å². The molecule has 2 aromatic carbocycles. The number of halogens is 1. The SMILES string of the molecule is Oc1ccc(OCCN2CCC(C(Cl)c3ccccc3)CC2)cc1. The Hall–Kier alpha value is -1.71. The van der Waals surface area contributed by atoms with Crippen LogP contribution in [-0.2, 0) is 0 Å². The van der Waals surface area contributed by atoms with Crippen molar-refractivity contribution in [1.29, 1.82) is 0 Å². The normalized spacial score (nSPS) is 17.5. The fourth-order valence-corrected chi connectivity index (χ4v) is 3.61. The molecule has 1 atom stereocenters. The lowest BCUT2D eigenvalue weighted by molar-refractivity contribution is 0.153. The van der Waals surface area contributed by atoms with E-state index in [4.69, 9.17) is 16.3 Å². The highest BCUT2D eigenvalue weighted by Gasteiger charge is 2.26. The van der Waals surface area contributed by atoms with Crippen LogP contribution in [0.25, 0.3) is 0 Å². The molecule has 0 bridgehead atoms. The topological polar surface area (TPSA) is 32.7 Å². The monoisotopic (exact) mass is 345 g/mol. The van der Waals surface area contributed by atoms with Gasteiger partial charge in [-0.1, -0.05) is 30.3 Å². The highest BCUT2D eigenvalue weighted by molar-refractivity contribution is 6.21. The second-order valence-corrected chi connectivity index (χ2v) is 6.80. The Morgan fingerprint density at radius 1 is 1.04 bits per heavy atom. The summed E-state index contributed by atoms with van der Waals surface area (Å²) in [5.41, 5.74) is 1.23. The maximum atomic E-state index is 9.26. The number of aromatic hydroxyl groups is 1. The second kappa shape index (κ2) is 8.41. The van der Waals surface area contributed by atoms with Crippen LogP contribution in [0.1, 0.15) is 23.8 Å². The van der Waals surface area contributed by atoms with E-state index in [1.807, 2.05) is 6.07 Å². The maximum Gasteiger partial charge on any atom is 0.119 e. The van der Waals surface area contributed by atoms with Crippen LogP contribution >= 0.6 is 11.6 Å². The van der Waals surface area contributed by atoms with Crippen molar-refractivity contribution < 1.29 is 9.84 Å². The summed E-state index contributed by atoms with van der Waals surface area (Å²) in [4.78, 5) is 2.44. The van der Waals surface area contributed by atoms with Crippen LogP contribution in [-0.4, -0.2) is 36.2 Å². The van der Waals surface area contributed by atoms with Gasteiger partial charge < -0.3 is 9.84 Å². The van der Waals surface area contributed by atoms with Gasteiger partial charge >= 0.3 is 0 Å². The van der Waals surface area contributed by atoms with E-state index in [2.05, 4.69) is 29.2 Å². The van der Waals surface area contributed by atoms with E-state index < -0.39 is 0 Å². The van der Waals surface area contributed by atoms with Crippen molar-refractivity contribution >= 4 is 11.6 Å². The zero-order valence-corrected chi connectivity index (χ0v) is 14.5. The van der Waals surface area contributed by atoms with Crippen molar-refractivity contribution in [3.8, 4) is 11.5 Å². The van der Waals surface area contributed by atoms with Gasteiger partial charge in [0.05, 0.1) is 5.38 Å². The van der Waals surface area contributed by atoms with E-state index in [9.17, 15) is 5.11 Å². The molecule has 2 aromatic rings. The fraction of sp³-hybridized carbons (Fsp3) is 0.400. The van der Waals surface area contributed by atoms with E-state index in [-0.39, 0.29) is 11.1 Å². The fourth-order valence-electron chi connectivity index (χ4n) is 3.21. The Kier molecular flexibility index (Phi) is 6.00. The van der Waals surface area contributed by atoms with Gasteiger partial charge in [0.15, 0.2) is 0 Å². The van der Waals surface area contributed by atoms with Crippen LogP contribution < -0.4 is 4.74 Å². The highest BCUT2D eigenvalue weighted by Crippen LogP contribution is 2.35. The Bertz CT molecular complexity index is 609. The Morgan fingerprint density at radius 3 is 2.38 bits per heavy atom. The van der Waals surface area contributed by atoms with Gasteiger partial charge in [-0.05, 0) is 61.7 Å². The minimum absolute atomic E-state index is 0.113. The number of ether oxygens (including phenoxy) is 1. The zero-order valence-electron chi connectivity index (χ0n) is 13.8. The van der Waals surface area contributed by atoms with Crippen molar-refractivity contribution in [3.05, 3.63) is 60.2 Å². The first-order valence-corrected chi connectivity index (χ1v) is 8.99. The van der Waals surface area contributed by atoms with E-state index in [1.54, 1.807) is 24.3 Å². The molecule has 1 aliphatic heterocycles. The summed E-state index contributed by atoms with van der Waals surface area (Å²) in [6.45, 7) is 3.73. The van der Waals surface area contributed by atoms with Gasteiger partial charge in [0, 0.05) is 6.54 Å². The van der Waals surface area contributed by atoms with Gasteiger partial charge in [-0.2, -0.15) is 0 Å². The minimum Gasteiger partial charge on any atom is -0.508 e. The molecule has 0 aliphatic carbocycles. The maximum absolute atomic E-state index is 9.26. The molecule has 1 fully saturated rings. The highest BCUT2D eigenvalue weighted by atomic mass is 35.5. The van der Waals surface area contributed by atoms with E-state index >= 15 is 0 Å². The third-order valence-electron chi connectivity index (χ3n) is 4.68. The summed E-state index contributed by atoms with van der Waals surface area (Å²) in [5, 5.41) is 9.38. The Labute approximate surface area is 148 Å². The standard InChI is InChI=1S/C20H24ClNO2/c21-20(16-4-2-1-3-5-16)17-10-12-22(13-11-17)14-15-24-19-8-6-18(23)7-9-19/h1-9,17,20,23H,10-15H2. The molecule has 1 N–H and O–H groups in total. The molecule has 128 valence electrons. The molecule has 1 aliphatic rings. The van der Waals surface area contributed by atoms with Gasteiger partial charge in [-0.25, -0.2) is 0 Å². The number of hydrogen-bond donors (Lipinski definition) is 1. The summed E-state index contributed by atoms with van der Waals surface area (Å²) in [5.74, 6) is 1.61. The lowest BCUT2D eigenvalue weighted by Gasteiger charge is -2.34. The van der Waals surface area contributed by atoms with Crippen molar-refractivity contribution in [2.24, 2.45) is 5.92 Å². The summed E-state index contributed by atoms with van der Waals surface area (Å²) >= 11 is 6.67. The summed E-state index contributed by atoms with van der Waals surface area (Å²) in [6.07, 6.45) is 2.25. The number of likely N-dealkylation sites (tertiary alicyclic amines) is 1. The number of phenols is 1. The van der Waals surface area contributed by atoms with Crippen molar-refractivity contribution in [2.45, 2.75) is 18.2 Å². The molecule has 0 saturated carbocycles. The molecular formula is C20H24ClNO2. The largest absolute Gasteiger partial charge is 0.508 e. The molecule has 24 heavy (non-hydrogen) atoms. The first-order chi connectivity index (χ1) is 11.7. The number of hydrogen-bond acceptors (Lipinski definition) is 3. The lowest BCUT2D eigenvalue weighted by Crippen LogP contribution is -2.37. The number of rotatable bonds is 6. The Morgan fingerprint density at radius 2 is 1.71 bits per heavy atom. The van der Waals surface area contributed by atoms with Crippen molar-refractivity contribution in [3.63, 3.8) is 0 Å². The molecule has 1 heterocycles. The van der Waals surface area contributed by atoms with E-state index in [0.717, 1.165) is 38.2 Å². The first kappa shape index (κ1) is 17.1. The van der Waals surface area contributed by atoms with Crippen LogP contribution in [0.4, 0.5) is 0 Å². The van der Waals surface area contributed by atoms with Gasteiger partial charge in [-0.15, -0.1) is 11.6 Å². The molecular weight excluding hydrogens is 322 g/mol. The van der Waals surface area contributed by atoms with Gasteiger partial charge in [-0.3, -0.25) is 4.90 Å². The molecule has 1 saturated heterocycles. The molecule has 1 unspecified atom stereocenters. The number of alkyl halides is 1. The molecule has 4 heteroatoms. The van der Waals surface area contributed by atoms with E-state index in [0.29, 0.717) is 12.5 Å². The van der Waals surface area contributed by atoms with Gasteiger partial charge in [0.1, 0.15) is 18.1 Å². The van der Waals surface area contributed by atoms with Gasteiger partial charge in [0.2, 0.25) is 0 Å². The number of nitrogens with zero attached hydrogens (tertiary/aromatic N) is 1. The molecule has 0 aromatic heterocycles. The third-order valence-corrected chi connectivity index (χ3v) is 5.29. The molecule has 0 spiro atoms. The quantitative estimate of drug-likeness (QED) is 0.784. The first-order valence-electron chi connectivity index (χ1n) is 8.55. The van der Waals surface area contributed by atoms with Gasteiger partial charge in [0.25, 0.3) is 0 Å². The summed E-state index contributed by atoms with van der Waals surface area (Å²) in [6, 6.07) is 17.3. The Balaban J connectivity index is 1.40. The third kappa shape index (κ3) is 4.65. The average Bonchev–Trinajstić information content (AvgIpc) is 2.64. The molecule has 3 nitrogen and oxygen atoms in total. The van der Waals surface area contributed by atoms with Crippen LogP contribution in [0.15, 0.2) is 54.6 Å².